The Labute approximate surface area is 202 Å². The minimum Gasteiger partial charge on any atom is -0.478 e. The standard InChI is InChI=1S/C29H33N3O2/c1-20-8-4-5-13-25(20)32-16-14-31(15-17-32)23-11-6-9-21(18-23)27-29(2,3)19-22-10-7-12-24(28(33)34)26(22)30-27/h4-13,18,27,30H,14-17,19H2,1-3H3,(H,33,34). The number of rotatable bonds is 4. The lowest BCUT2D eigenvalue weighted by Gasteiger charge is -2.42. The fourth-order valence-electron chi connectivity index (χ4n) is 5.59. The van der Waals surface area contributed by atoms with Crippen molar-refractivity contribution >= 4 is 23.0 Å². The van der Waals surface area contributed by atoms with Crippen LogP contribution in [-0.2, 0) is 6.42 Å². The van der Waals surface area contributed by atoms with Crippen LogP contribution in [0.1, 0.15) is 46.9 Å². The van der Waals surface area contributed by atoms with Crippen LogP contribution in [0.3, 0.4) is 0 Å². The van der Waals surface area contributed by atoms with Crippen LogP contribution in [-0.4, -0.2) is 37.3 Å². The molecule has 2 aliphatic heterocycles. The number of hydrogen-bond donors (Lipinski definition) is 2. The number of carboxylic acid groups (broad SMARTS) is 1. The van der Waals surface area contributed by atoms with Crippen LogP contribution in [0.5, 0.6) is 0 Å². The third-order valence-electron chi connectivity index (χ3n) is 7.40. The van der Waals surface area contributed by atoms with Gasteiger partial charge in [-0.25, -0.2) is 4.79 Å². The van der Waals surface area contributed by atoms with Gasteiger partial charge in [0.15, 0.2) is 0 Å². The molecule has 0 aliphatic carbocycles. The van der Waals surface area contributed by atoms with E-state index in [1.807, 2.05) is 12.1 Å². The lowest BCUT2D eigenvalue weighted by Crippen LogP contribution is -2.46. The molecule has 0 saturated carbocycles. The topological polar surface area (TPSA) is 55.8 Å². The van der Waals surface area contributed by atoms with Crippen LogP contribution in [0.15, 0.2) is 66.7 Å². The maximum atomic E-state index is 11.8. The van der Waals surface area contributed by atoms with Crippen molar-refractivity contribution < 1.29 is 9.90 Å². The van der Waals surface area contributed by atoms with Gasteiger partial charge < -0.3 is 20.2 Å². The van der Waals surface area contributed by atoms with Crippen molar-refractivity contribution in [2.45, 2.75) is 33.2 Å². The summed E-state index contributed by atoms with van der Waals surface area (Å²) in [4.78, 5) is 16.8. The highest BCUT2D eigenvalue weighted by Gasteiger charge is 2.37. The molecule has 0 aromatic heterocycles. The fourth-order valence-corrected chi connectivity index (χ4v) is 5.59. The van der Waals surface area contributed by atoms with E-state index in [2.05, 4.69) is 84.4 Å². The van der Waals surface area contributed by atoms with Crippen LogP contribution in [0.25, 0.3) is 0 Å². The molecule has 5 rings (SSSR count). The third kappa shape index (κ3) is 4.11. The van der Waals surface area contributed by atoms with Gasteiger partial charge in [0.2, 0.25) is 0 Å². The van der Waals surface area contributed by atoms with E-state index in [0.29, 0.717) is 5.56 Å². The zero-order valence-electron chi connectivity index (χ0n) is 20.2. The van der Waals surface area contributed by atoms with E-state index < -0.39 is 5.97 Å². The number of carbonyl (C=O) groups is 1. The van der Waals surface area contributed by atoms with Gasteiger partial charge in [0, 0.05) is 37.6 Å². The van der Waals surface area contributed by atoms with Gasteiger partial charge in [-0.2, -0.15) is 0 Å². The number of nitrogens with zero attached hydrogens (tertiary/aromatic N) is 2. The van der Waals surface area contributed by atoms with Gasteiger partial charge in [-0.15, -0.1) is 0 Å². The summed E-state index contributed by atoms with van der Waals surface area (Å²) < 4.78 is 0. The maximum absolute atomic E-state index is 11.8. The summed E-state index contributed by atoms with van der Waals surface area (Å²) in [6.07, 6.45) is 0.834. The molecule has 0 bridgehead atoms. The van der Waals surface area contributed by atoms with Crippen LogP contribution in [0.2, 0.25) is 0 Å². The molecule has 2 aliphatic rings. The van der Waals surface area contributed by atoms with E-state index in [-0.39, 0.29) is 11.5 Å². The third-order valence-corrected chi connectivity index (χ3v) is 7.40. The van der Waals surface area contributed by atoms with Crippen LogP contribution < -0.4 is 15.1 Å². The zero-order valence-corrected chi connectivity index (χ0v) is 20.2. The number of nitrogens with one attached hydrogen (secondary N) is 1. The molecule has 2 N–H and O–H groups in total. The summed E-state index contributed by atoms with van der Waals surface area (Å²) in [5.74, 6) is -0.886. The number of aryl methyl sites for hydroxylation is 1. The van der Waals surface area contributed by atoms with Crippen LogP contribution in [0.4, 0.5) is 17.1 Å². The predicted octanol–water partition coefficient (Wildman–Crippen LogP) is 5.76. The maximum Gasteiger partial charge on any atom is 0.337 e. The quantitative estimate of drug-likeness (QED) is 0.524. The second-order valence-corrected chi connectivity index (χ2v) is 10.2. The molecule has 3 aromatic rings. The Kier molecular flexibility index (Phi) is 5.72. The van der Waals surface area contributed by atoms with Crippen LogP contribution >= 0.6 is 0 Å². The minimum absolute atomic E-state index is 0.0358. The van der Waals surface area contributed by atoms with E-state index in [4.69, 9.17) is 0 Å². The van der Waals surface area contributed by atoms with E-state index >= 15 is 0 Å². The molecule has 1 unspecified atom stereocenters. The van der Waals surface area contributed by atoms with Crippen molar-refractivity contribution in [3.8, 4) is 0 Å². The number of carboxylic acids is 1. The van der Waals surface area contributed by atoms with Gasteiger partial charge in [0.1, 0.15) is 0 Å². The normalized spacial score (nSPS) is 19.3. The molecular weight excluding hydrogens is 422 g/mol. The summed E-state index contributed by atoms with van der Waals surface area (Å²) in [5, 5.41) is 13.3. The van der Waals surface area contributed by atoms with Gasteiger partial charge in [-0.05, 0) is 59.7 Å². The summed E-state index contributed by atoms with van der Waals surface area (Å²) in [6, 6.07) is 23.0. The molecule has 3 aromatic carbocycles. The number of anilines is 3. The number of benzene rings is 3. The van der Waals surface area contributed by atoms with Crippen molar-refractivity contribution in [1.29, 1.82) is 0 Å². The summed E-state index contributed by atoms with van der Waals surface area (Å²) >= 11 is 0. The lowest BCUT2D eigenvalue weighted by molar-refractivity contribution is 0.0697. The van der Waals surface area contributed by atoms with E-state index in [1.165, 1.54) is 22.5 Å². The van der Waals surface area contributed by atoms with Gasteiger partial charge in [-0.3, -0.25) is 0 Å². The first-order chi connectivity index (χ1) is 16.3. The molecule has 1 fully saturated rings. The highest BCUT2D eigenvalue weighted by atomic mass is 16.4. The van der Waals surface area contributed by atoms with E-state index in [0.717, 1.165) is 43.9 Å². The Morgan fingerprint density at radius 3 is 2.38 bits per heavy atom. The molecule has 5 nitrogen and oxygen atoms in total. The van der Waals surface area contributed by atoms with Gasteiger partial charge >= 0.3 is 5.97 Å². The lowest BCUT2D eigenvalue weighted by atomic mass is 9.72. The largest absolute Gasteiger partial charge is 0.478 e. The van der Waals surface area contributed by atoms with Crippen LogP contribution in [0, 0.1) is 12.3 Å². The highest BCUT2D eigenvalue weighted by molar-refractivity contribution is 5.95. The predicted molar refractivity (Wildman–Crippen MR) is 139 cm³/mol. The molecular formula is C29H33N3O2. The molecule has 2 heterocycles. The second-order valence-electron chi connectivity index (χ2n) is 10.2. The summed E-state index contributed by atoms with van der Waals surface area (Å²) in [5.41, 5.74) is 7.22. The molecule has 0 amide bonds. The Balaban J connectivity index is 1.37. The molecule has 0 spiro atoms. The van der Waals surface area contributed by atoms with Crippen molar-refractivity contribution in [1.82, 2.24) is 0 Å². The molecule has 5 heteroatoms. The SMILES string of the molecule is Cc1ccccc1N1CCN(c2cccc(C3Nc4c(cccc4C(=O)O)CC3(C)C)c2)CC1. The fraction of sp³-hybridized carbons (Fsp3) is 0.345. The summed E-state index contributed by atoms with van der Waals surface area (Å²) in [7, 11) is 0. The molecule has 1 atom stereocenters. The Hall–Kier alpha value is -3.47. The number of fused-ring (bicyclic) bond motifs is 1. The number of piperazine rings is 1. The van der Waals surface area contributed by atoms with E-state index in [1.54, 1.807) is 6.07 Å². The van der Waals surface area contributed by atoms with Crippen molar-refractivity contribution in [2.24, 2.45) is 5.41 Å². The highest BCUT2D eigenvalue weighted by Crippen LogP contribution is 2.46. The monoisotopic (exact) mass is 455 g/mol. The van der Waals surface area contributed by atoms with Crippen molar-refractivity contribution in [3.63, 3.8) is 0 Å². The smallest absolute Gasteiger partial charge is 0.337 e. The van der Waals surface area contributed by atoms with Gasteiger partial charge in [-0.1, -0.05) is 56.3 Å². The number of para-hydroxylation sites is 2. The molecule has 34 heavy (non-hydrogen) atoms. The van der Waals surface area contributed by atoms with E-state index in [9.17, 15) is 9.90 Å². The number of hydrogen-bond acceptors (Lipinski definition) is 4. The van der Waals surface area contributed by atoms with Crippen molar-refractivity contribution in [2.75, 3.05) is 41.3 Å². The van der Waals surface area contributed by atoms with Crippen molar-refractivity contribution in [3.05, 3.63) is 89.0 Å². The first-order valence-corrected chi connectivity index (χ1v) is 12.1. The first-order valence-electron chi connectivity index (χ1n) is 12.1. The molecule has 0 radical (unpaired) electrons. The van der Waals surface area contributed by atoms with Gasteiger partial charge in [0.25, 0.3) is 0 Å². The molecule has 1 saturated heterocycles. The Morgan fingerprint density at radius 1 is 0.941 bits per heavy atom. The molecule has 176 valence electrons. The second kappa shape index (κ2) is 8.71. The number of aromatic carboxylic acids is 1. The van der Waals surface area contributed by atoms with Gasteiger partial charge in [0.05, 0.1) is 17.3 Å². The zero-order chi connectivity index (χ0) is 23.9. The first kappa shape index (κ1) is 22.3. The minimum atomic E-state index is -0.886. The Bertz CT molecular complexity index is 1210. The Morgan fingerprint density at radius 2 is 1.65 bits per heavy atom. The average molecular weight is 456 g/mol. The summed E-state index contributed by atoms with van der Waals surface area (Å²) in [6.45, 7) is 10.6. The average Bonchev–Trinajstić information content (AvgIpc) is 2.83.